The monoisotopic (exact) mass is 347 g/mol. The minimum atomic E-state index is 0.0609. The Morgan fingerprint density at radius 3 is 2.54 bits per heavy atom. The molecule has 0 saturated carbocycles. The van der Waals surface area contributed by atoms with Crippen molar-refractivity contribution < 1.29 is 4.79 Å². The molecule has 1 aliphatic heterocycles. The molecule has 0 aliphatic carbocycles. The zero-order chi connectivity index (χ0) is 17.8. The van der Waals surface area contributed by atoms with Crippen molar-refractivity contribution in [1.29, 1.82) is 0 Å². The number of para-hydroxylation sites is 1. The number of benzene rings is 2. The summed E-state index contributed by atoms with van der Waals surface area (Å²) in [5, 5.41) is 4.22. The predicted octanol–water partition coefficient (Wildman–Crippen LogP) is 3.62. The fourth-order valence-corrected chi connectivity index (χ4v) is 3.77. The molecule has 1 aromatic heterocycles. The average Bonchev–Trinajstić information content (AvgIpc) is 3.31. The van der Waals surface area contributed by atoms with Gasteiger partial charge in [0, 0.05) is 30.2 Å². The molecule has 0 unspecified atom stereocenters. The Bertz CT molecular complexity index is 893. The Morgan fingerprint density at radius 2 is 1.69 bits per heavy atom. The van der Waals surface area contributed by atoms with Crippen molar-refractivity contribution in [3.63, 3.8) is 0 Å². The van der Waals surface area contributed by atoms with E-state index in [1.54, 1.807) is 0 Å². The molecule has 4 rings (SSSR count). The van der Waals surface area contributed by atoms with Gasteiger partial charge in [-0.05, 0) is 48.7 Å². The van der Waals surface area contributed by atoms with Gasteiger partial charge in [-0.1, -0.05) is 42.5 Å². The van der Waals surface area contributed by atoms with Crippen LogP contribution in [0.5, 0.6) is 0 Å². The van der Waals surface area contributed by atoms with Gasteiger partial charge in [0.15, 0.2) is 0 Å². The van der Waals surface area contributed by atoms with Crippen molar-refractivity contribution in [3.8, 4) is 0 Å². The molecule has 2 N–H and O–H groups in total. The zero-order valence-corrected chi connectivity index (χ0v) is 15.0. The Labute approximate surface area is 154 Å². The number of aromatic nitrogens is 1. The van der Waals surface area contributed by atoms with Gasteiger partial charge < -0.3 is 10.3 Å². The minimum Gasteiger partial charge on any atom is -0.361 e. The highest BCUT2D eigenvalue weighted by Gasteiger charge is 2.14. The summed E-state index contributed by atoms with van der Waals surface area (Å²) in [6, 6.07) is 16.5. The molecule has 0 bridgehead atoms. The molecule has 3 aromatic rings. The first-order valence-corrected chi connectivity index (χ1v) is 9.40. The SMILES string of the molecule is O=C(Cc1c[nH]c2ccccc12)NCc1ccccc1CN1CCCC1. The van der Waals surface area contributed by atoms with Crippen LogP contribution in [0.25, 0.3) is 10.9 Å². The van der Waals surface area contributed by atoms with Crippen LogP contribution in [0, 0.1) is 0 Å². The normalized spacial score (nSPS) is 14.8. The van der Waals surface area contributed by atoms with Crippen LogP contribution in [0.4, 0.5) is 0 Å². The average molecular weight is 347 g/mol. The molecule has 0 atom stereocenters. The van der Waals surface area contributed by atoms with E-state index < -0.39 is 0 Å². The molecule has 2 aromatic carbocycles. The second-order valence-electron chi connectivity index (χ2n) is 7.06. The summed E-state index contributed by atoms with van der Waals surface area (Å²) in [7, 11) is 0. The molecule has 26 heavy (non-hydrogen) atoms. The van der Waals surface area contributed by atoms with E-state index in [0.29, 0.717) is 13.0 Å². The van der Waals surface area contributed by atoms with Crippen LogP contribution in [0.1, 0.15) is 29.5 Å². The molecule has 134 valence electrons. The summed E-state index contributed by atoms with van der Waals surface area (Å²) in [6.45, 7) is 3.93. The Kier molecular flexibility index (Phi) is 5.02. The lowest BCUT2D eigenvalue weighted by atomic mass is 10.1. The lowest BCUT2D eigenvalue weighted by molar-refractivity contribution is -0.120. The van der Waals surface area contributed by atoms with Crippen molar-refractivity contribution in [2.45, 2.75) is 32.4 Å². The first-order valence-electron chi connectivity index (χ1n) is 9.40. The third kappa shape index (κ3) is 3.81. The van der Waals surface area contributed by atoms with Crippen molar-refractivity contribution in [3.05, 3.63) is 71.4 Å². The number of carbonyl (C=O) groups is 1. The summed E-state index contributed by atoms with van der Waals surface area (Å²) in [5.74, 6) is 0.0609. The fraction of sp³-hybridized carbons (Fsp3) is 0.318. The highest BCUT2D eigenvalue weighted by Crippen LogP contribution is 2.19. The lowest BCUT2D eigenvalue weighted by Gasteiger charge is -2.17. The molecule has 1 aliphatic rings. The van der Waals surface area contributed by atoms with Gasteiger partial charge >= 0.3 is 0 Å². The van der Waals surface area contributed by atoms with E-state index in [0.717, 1.165) is 23.0 Å². The molecule has 0 spiro atoms. The quantitative estimate of drug-likeness (QED) is 0.715. The fourth-order valence-electron chi connectivity index (χ4n) is 3.77. The summed E-state index contributed by atoms with van der Waals surface area (Å²) < 4.78 is 0. The number of hydrogen-bond donors (Lipinski definition) is 2. The number of nitrogens with one attached hydrogen (secondary N) is 2. The largest absolute Gasteiger partial charge is 0.361 e. The standard InChI is InChI=1S/C22H25N3O/c26-22(13-19-15-23-21-10-4-3-9-20(19)21)24-14-17-7-1-2-8-18(17)16-25-11-5-6-12-25/h1-4,7-10,15,23H,5-6,11-14,16H2,(H,24,26). The summed E-state index contributed by atoms with van der Waals surface area (Å²) in [5.41, 5.74) is 4.66. The number of likely N-dealkylation sites (tertiary alicyclic amines) is 1. The van der Waals surface area contributed by atoms with Crippen molar-refractivity contribution in [2.75, 3.05) is 13.1 Å². The molecule has 2 heterocycles. The van der Waals surface area contributed by atoms with E-state index in [1.165, 1.54) is 37.1 Å². The van der Waals surface area contributed by atoms with Crippen molar-refractivity contribution in [2.24, 2.45) is 0 Å². The third-order valence-electron chi connectivity index (χ3n) is 5.21. The number of rotatable bonds is 6. The molecule has 1 saturated heterocycles. The van der Waals surface area contributed by atoms with E-state index in [-0.39, 0.29) is 5.91 Å². The first kappa shape index (κ1) is 16.9. The van der Waals surface area contributed by atoms with Gasteiger partial charge in [0.1, 0.15) is 0 Å². The first-order chi connectivity index (χ1) is 12.8. The van der Waals surface area contributed by atoms with Gasteiger partial charge in [-0.2, -0.15) is 0 Å². The molecule has 4 nitrogen and oxygen atoms in total. The van der Waals surface area contributed by atoms with Crippen molar-refractivity contribution in [1.82, 2.24) is 15.2 Å². The molecular weight excluding hydrogens is 322 g/mol. The van der Waals surface area contributed by atoms with Gasteiger partial charge in [-0.3, -0.25) is 9.69 Å². The third-order valence-corrected chi connectivity index (χ3v) is 5.21. The molecular formula is C22H25N3O. The number of H-pyrrole nitrogens is 1. The van der Waals surface area contributed by atoms with Crippen LogP contribution < -0.4 is 5.32 Å². The molecule has 1 fully saturated rings. The van der Waals surface area contributed by atoms with Crippen LogP contribution in [-0.2, 0) is 24.3 Å². The topological polar surface area (TPSA) is 48.1 Å². The lowest BCUT2D eigenvalue weighted by Crippen LogP contribution is -2.26. The van der Waals surface area contributed by atoms with E-state index >= 15 is 0 Å². The Balaban J connectivity index is 1.38. The Morgan fingerprint density at radius 1 is 0.962 bits per heavy atom. The number of hydrogen-bond acceptors (Lipinski definition) is 2. The minimum absolute atomic E-state index is 0.0609. The maximum Gasteiger partial charge on any atom is 0.224 e. The van der Waals surface area contributed by atoms with Gasteiger partial charge in [0.05, 0.1) is 6.42 Å². The Hall–Kier alpha value is -2.59. The van der Waals surface area contributed by atoms with Crippen LogP contribution in [0.3, 0.4) is 0 Å². The zero-order valence-electron chi connectivity index (χ0n) is 15.0. The number of fused-ring (bicyclic) bond motifs is 1. The van der Waals surface area contributed by atoms with Crippen molar-refractivity contribution >= 4 is 16.8 Å². The van der Waals surface area contributed by atoms with Gasteiger partial charge in [0.25, 0.3) is 0 Å². The predicted molar refractivity (Wildman–Crippen MR) is 105 cm³/mol. The van der Waals surface area contributed by atoms with Crippen LogP contribution in [-0.4, -0.2) is 28.9 Å². The van der Waals surface area contributed by atoms with E-state index in [1.807, 2.05) is 24.4 Å². The van der Waals surface area contributed by atoms with Gasteiger partial charge in [-0.15, -0.1) is 0 Å². The van der Waals surface area contributed by atoms with Gasteiger partial charge in [-0.25, -0.2) is 0 Å². The second-order valence-corrected chi connectivity index (χ2v) is 7.06. The van der Waals surface area contributed by atoms with E-state index in [9.17, 15) is 4.79 Å². The maximum atomic E-state index is 12.4. The van der Waals surface area contributed by atoms with Crippen LogP contribution in [0.2, 0.25) is 0 Å². The molecule has 0 radical (unpaired) electrons. The number of aromatic amines is 1. The van der Waals surface area contributed by atoms with E-state index in [2.05, 4.69) is 45.5 Å². The number of nitrogens with zero attached hydrogens (tertiary/aromatic N) is 1. The van der Waals surface area contributed by atoms with Crippen LogP contribution >= 0.6 is 0 Å². The summed E-state index contributed by atoms with van der Waals surface area (Å²) in [6.07, 6.45) is 4.93. The summed E-state index contributed by atoms with van der Waals surface area (Å²) >= 11 is 0. The summed E-state index contributed by atoms with van der Waals surface area (Å²) in [4.78, 5) is 18.2. The van der Waals surface area contributed by atoms with Gasteiger partial charge in [0.2, 0.25) is 5.91 Å². The second kappa shape index (κ2) is 7.75. The maximum absolute atomic E-state index is 12.4. The van der Waals surface area contributed by atoms with E-state index in [4.69, 9.17) is 0 Å². The van der Waals surface area contributed by atoms with Crippen LogP contribution in [0.15, 0.2) is 54.7 Å². The number of amides is 1. The smallest absolute Gasteiger partial charge is 0.224 e. The highest BCUT2D eigenvalue weighted by molar-refractivity contribution is 5.88. The molecule has 1 amide bonds. The molecule has 4 heteroatoms. The highest BCUT2D eigenvalue weighted by atomic mass is 16.1. The number of carbonyl (C=O) groups excluding carboxylic acids is 1.